The predicted molar refractivity (Wildman–Crippen MR) is 86.3 cm³/mol. The van der Waals surface area contributed by atoms with E-state index >= 15 is 0 Å². The molecule has 0 radical (unpaired) electrons. The molecule has 2 atom stereocenters. The summed E-state index contributed by atoms with van der Waals surface area (Å²) in [4.78, 5) is 24.0. The number of aliphatic imine (C=N–C) groups is 1. The Morgan fingerprint density at radius 3 is 2.96 bits per heavy atom. The minimum absolute atomic E-state index is 0.163. The van der Waals surface area contributed by atoms with E-state index in [4.69, 9.17) is 4.99 Å². The molecular weight excluding hydrogens is 312 g/mol. The molecule has 4 heterocycles. The van der Waals surface area contributed by atoms with Crippen LogP contribution in [0.1, 0.15) is 43.7 Å². The van der Waals surface area contributed by atoms with Crippen molar-refractivity contribution in [1.29, 1.82) is 0 Å². The maximum atomic E-state index is 13.0. The summed E-state index contributed by atoms with van der Waals surface area (Å²) in [7, 11) is 0. The molecule has 2 aliphatic heterocycles. The number of H-pyrrole nitrogens is 1. The van der Waals surface area contributed by atoms with Gasteiger partial charge in [0, 0.05) is 11.6 Å². The van der Waals surface area contributed by atoms with Crippen molar-refractivity contribution in [2.24, 2.45) is 4.99 Å². The van der Waals surface area contributed by atoms with E-state index in [0.717, 1.165) is 34.5 Å². The smallest absolute Gasteiger partial charge is 0.244 e. The van der Waals surface area contributed by atoms with Crippen molar-refractivity contribution in [3.8, 4) is 0 Å². The van der Waals surface area contributed by atoms with E-state index in [0.29, 0.717) is 6.04 Å². The molecule has 1 fully saturated rings. The van der Waals surface area contributed by atoms with Gasteiger partial charge < -0.3 is 0 Å². The van der Waals surface area contributed by atoms with Crippen LogP contribution in [0, 0.1) is 0 Å². The molecule has 1 saturated carbocycles. The van der Waals surface area contributed by atoms with Crippen molar-refractivity contribution in [3.63, 3.8) is 0 Å². The van der Waals surface area contributed by atoms with Crippen molar-refractivity contribution >= 4 is 35.0 Å². The second-order valence-electron chi connectivity index (χ2n) is 6.32. The SMILES string of the molecule is O=C1C2Sc3ncc4n[nH]nc4c3C2N=CN1C1CCCCC1. The van der Waals surface area contributed by atoms with E-state index in [-0.39, 0.29) is 17.2 Å². The van der Waals surface area contributed by atoms with Crippen LogP contribution >= 0.6 is 11.8 Å². The fourth-order valence-corrected chi connectivity index (χ4v) is 5.09. The van der Waals surface area contributed by atoms with Crippen molar-refractivity contribution in [3.05, 3.63) is 11.8 Å². The van der Waals surface area contributed by atoms with Crippen molar-refractivity contribution in [2.45, 2.75) is 54.5 Å². The number of carbonyl (C=O) groups is 1. The topological polar surface area (TPSA) is 87.1 Å². The number of fused-ring (bicyclic) bond motifs is 5. The van der Waals surface area contributed by atoms with Crippen LogP contribution in [0.15, 0.2) is 16.2 Å². The average Bonchev–Trinajstić information content (AvgIpc) is 3.19. The lowest BCUT2D eigenvalue weighted by atomic mass is 9.93. The molecule has 0 spiro atoms. The summed E-state index contributed by atoms with van der Waals surface area (Å²) < 4.78 is 0. The number of carbonyl (C=O) groups excluding carboxylic acids is 1. The lowest BCUT2D eigenvalue weighted by Crippen LogP contribution is -2.48. The van der Waals surface area contributed by atoms with Crippen LogP contribution in [0.25, 0.3) is 11.0 Å². The highest BCUT2D eigenvalue weighted by Gasteiger charge is 2.46. The third-order valence-corrected chi connectivity index (χ3v) is 6.27. The molecule has 1 N–H and O–H groups in total. The summed E-state index contributed by atoms with van der Waals surface area (Å²) in [6, 6.07) is 0.119. The number of nitrogens with zero attached hydrogens (tertiary/aromatic N) is 5. The van der Waals surface area contributed by atoms with Gasteiger partial charge in [0.15, 0.2) is 0 Å². The summed E-state index contributed by atoms with van der Waals surface area (Å²) in [6.07, 6.45) is 9.30. The summed E-state index contributed by atoms with van der Waals surface area (Å²) in [5.41, 5.74) is 2.45. The summed E-state index contributed by atoms with van der Waals surface area (Å²) in [6.45, 7) is 0. The Hall–Kier alpha value is -1.96. The maximum Gasteiger partial charge on any atom is 0.244 e. The first kappa shape index (κ1) is 13.5. The highest BCUT2D eigenvalue weighted by atomic mass is 32.2. The number of pyridine rings is 1. The maximum absolute atomic E-state index is 13.0. The highest BCUT2D eigenvalue weighted by molar-refractivity contribution is 8.01. The monoisotopic (exact) mass is 328 g/mol. The van der Waals surface area contributed by atoms with Gasteiger partial charge in [-0.3, -0.25) is 14.7 Å². The number of hydrogen-bond acceptors (Lipinski definition) is 6. The molecule has 0 saturated heterocycles. The molecule has 1 aliphatic carbocycles. The quantitative estimate of drug-likeness (QED) is 0.866. The van der Waals surface area contributed by atoms with Crippen LogP contribution in [0.5, 0.6) is 0 Å². The lowest BCUT2D eigenvalue weighted by molar-refractivity contribution is -0.129. The van der Waals surface area contributed by atoms with Crippen LogP contribution in [-0.4, -0.2) is 48.8 Å². The number of amides is 1. The van der Waals surface area contributed by atoms with Gasteiger partial charge in [-0.15, -0.1) is 0 Å². The molecule has 0 bridgehead atoms. The minimum Gasteiger partial charge on any atom is -0.299 e. The first-order chi connectivity index (χ1) is 11.3. The van der Waals surface area contributed by atoms with E-state index in [1.165, 1.54) is 31.0 Å². The van der Waals surface area contributed by atoms with Crippen LogP contribution < -0.4 is 0 Å². The Morgan fingerprint density at radius 2 is 2.09 bits per heavy atom. The molecule has 1 amide bonds. The number of aromatic amines is 1. The van der Waals surface area contributed by atoms with Gasteiger partial charge in [0.05, 0.1) is 12.5 Å². The molecule has 7 nitrogen and oxygen atoms in total. The second-order valence-corrected chi connectivity index (χ2v) is 7.45. The van der Waals surface area contributed by atoms with Crippen LogP contribution in [0.2, 0.25) is 0 Å². The Morgan fingerprint density at radius 1 is 1.22 bits per heavy atom. The minimum atomic E-state index is -0.216. The fourth-order valence-electron chi connectivity index (χ4n) is 3.83. The normalized spacial score (nSPS) is 27.5. The number of rotatable bonds is 1. The van der Waals surface area contributed by atoms with Gasteiger partial charge in [-0.25, -0.2) is 4.98 Å². The summed E-state index contributed by atoms with van der Waals surface area (Å²) >= 11 is 1.52. The Bertz CT molecular complexity index is 811. The molecule has 5 rings (SSSR count). The van der Waals surface area contributed by atoms with Gasteiger partial charge in [0.2, 0.25) is 5.91 Å². The molecule has 2 aromatic rings. The Kier molecular flexibility index (Phi) is 2.94. The third kappa shape index (κ3) is 1.94. The number of hydrogen-bond donors (Lipinski definition) is 1. The van der Waals surface area contributed by atoms with Crippen molar-refractivity contribution in [1.82, 2.24) is 25.3 Å². The Balaban J connectivity index is 1.53. The first-order valence-corrected chi connectivity index (χ1v) is 8.92. The summed E-state index contributed by atoms with van der Waals surface area (Å²) in [5, 5.41) is 11.6. The molecule has 8 heteroatoms. The second kappa shape index (κ2) is 5.02. The Labute approximate surface area is 136 Å². The highest BCUT2D eigenvalue weighted by Crippen LogP contribution is 2.49. The molecule has 118 valence electrons. The standard InChI is InChI=1S/C15H16N6OS/c22-15-13-12(17-7-21(15)8-4-2-1-3-5-8)10-11-9(18-20-19-11)6-16-14(10)23-13/h6-8,12-13H,1-5H2,(H,18,19,20). The van der Waals surface area contributed by atoms with E-state index < -0.39 is 0 Å². The zero-order valence-corrected chi connectivity index (χ0v) is 13.3. The predicted octanol–water partition coefficient (Wildman–Crippen LogP) is 2.07. The van der Waals surface area contributed by atoms with E-state index in [2.05, 4.69) is 20.4 Å². The van der Waals surface area contributed by atoms with Gasteiger partial charge in [0.1, 0.15) is 27.4 Å². The van der Waals surface area contributed by atoms with Gasteiger partial charge in [-0.05, 0) is 12.8 Å². The molecule has 2 unspecified atom stereocenters. The molecular formula is C15H16N6OS. The van der Waals surface area contributed by atoms with Crippen LogP contribution in [0.3, 0.4) is 0 Å². The van der Waals surface area contributed by atoms with E-state index in [1.807, 2.05) is 4.90 Å². The average molecular weight is 328 g/mol. The summed E-state index contributed by atoms with van der Waals surface area (Å²) in [5.74, 6) is 0.163. The largest absolute Gasteiger partial charge is 0.299 e. The van der Waals surface area contributed by atoms with E-state index in [9.17, 15) is 4.79 Å². The van der Waals surface area contributed by atoms with Crippen molar-refractivity contribution in [2.75, 3.05) is 0 Å². The van der Waals surface area contributed by atoms with E-state index in [1.54, 1.807) is 12.5 Å². The fraction of sp³-hybridized carbons (Fsp3) is 0.533. The van der Waals surface area contributed by atoms with Crippen molar-refractivity contribution < 1.29 is 4.79 Å². The zero-order chi connectivity index (χ0) is 15.4. The van der Waals surface area contributed by atoms with Gasteiger partial charge in [0.25, 0.3) is 0 Å². The molecule has 0 aromatic carbocycles. The van der Waals surface area contributed by atoms with Crippen LogP contribution in [0.4, 0.5) is 0 Å². The van der Waals surface area contributed by atoms with Gasteiger partial charge >= 0.3 is 0 Å². The lowest BCUT2D eigenvalue weighted by Gasteiger charge is -2.36. The first-order valence-electron chi connectivity index (χ1n) is 8.04. The zero-order valence-electron chi connectivity index (χ0n) is 12.5. The molecule has 3 aliphatic rings. The van der Waals surface area contributed by atoms with Gasteiger partial charge in [-0.2, -0.15) is 15.4 Å². The van der Waals surface area contributed by atoms with Crippen LogP contribution in [-0.2, 0) is 4.79 Å². The van der Waals surface area contributed by atoms with Gasteiger partial charge in [-0.1, -0.05) is 31.0 Å². The number of aromatic nitrogens is 4. The molecule has 2 aromatic heterocycles. The molecule has 23 heavy (non-hydrogen) atoms. The number of nitrogens with one attached hydrogen (secondary N) is 1. The number of thioether (sulfide) groups is 1. The third-order valence-electron chi connectivity index (χ3n) is 5.00.